The summed E-state index contributed by atoms with van der Waals surface area (Å²) < 4.78 is 4.54. The van der Waals surface area contributed by atoms with Gasteiger partial charge < -0.3 is 4.74 Å². The van der Waals surface area contributed by atoms with Crippen LogP contribution in [0.3, 0.4) is 0 Å². The lowest BCUT2D eigenvalue weighted by Crippen LogP contribution is -1.93. The molecule has 0 aliphatic heterocycles. The quantitative estimate of drug-likeness (QED) is 0.720. The number of alkyl halides is 1. The molecule has 57 valence electrons. The molecule has 0 fully saturated rings. The smallest absolute Gasteiger partial charge is 0.419 e. The average molecular weight is 214 g/mol. The lowest BCUT2D eigenvalue weighted by Gasteiger charge is -2.05. The fraction of sp³-hybridized carbons (Fsp3) is 0.125. The maximum atomic E-state index is 9.81. The third kappa shape index (κ3) is 2.35. The highest BCUT2D eigenvalue weighted by molar-refractivity contribution is 9.09. The maximum Gasteiger partial charge on any atom is 0.419 e. The van der Waals surface area contributed by atoms with E-state index in [2.05, 4.69) is 20.7 Å². The Morgan fingerprint density at radius 1 is 1.36 bits per heavy atom. The number of halogens is 1. The van der Waals surface area contributed by atoms with Crippen LogP contribution in [0.5, 0.6) is 0 Å². The first-order valence-corrected chi connectivity index (χ1v) is 3.98. The molecule has 0 bridgehead atoms. The Hall–Kier alpha value is -0.830. The van der Waals surface area contributed by atoms with E-state index in [1.165, 1.54) is 6.47 Å². The molecule has 0 aromatic heterocycles. The third-order valence-electron chi connectivity index (χ3n) is 1.21. The van der Waals surface area contributed by atoms with Gasteiger partial charge in [0.15, 0.2) is 5.01 Å². The molecule has 0 spiro atoms. The van der Waals surface area contributed by atoms with Crippen LogP contribution in [0.15, 0.2) is 30.3 Å². The molecule has 0 saturated heterocycles. The second-order valence-electron chi connectivity index (χ2n) is 1.93. The van der Waals surface area contributed by atoms with Gasteiger partial charge in [-0.15, -0.1) is 0 Å². The standard InChI is InChI=1S/C8H6BrO2/c9-8(11-6-10)7-4-2-1-3-5-7/h1-5,8H. The minimum absolute atomic E-state index is 0.388. The van der Waals surface area contributed by atoms with Gasteiger partial charge in [-0.3, -0.25) is 0 Å². The first-order chi connectivity index (χ1) is 5.34. The molecule has 0 aliphatic rings. The Bertz CT molecular complexity index is 223. The predicted molar refractivity (Wildman–Crippen MR) is 44.9 cm³/mol. The summed E-state index contributed by atoms with van der Waals surface area (Å²) in [4.78, 5) is 9.81. The number of hydrogen-bond donors (Lipinski definition) is 0. The van der Waals surface area contributed by atoms with Crippen LogP contribution in [-0.4, -0.2) is 6.47 Å². The summed E-state index contributed by atoms with van der Waals surface area (Å²) in [5.41, 5.74) is 0.899. The van der Waals surface area contributed by atoms with Crippen molar-refractivity contribution in [2.24, 2.45) is 0 Å². The van der Waals surface area contributed by atoms with Gasteiger partial charge in [-0.25, -0.2) is 4.79 Å². The molecule has 1 unspecified atom stereocenters. The summed E-state index contributed by atoms with van der Waals surface area (Å²) in [6.07, 6.45) is 0. The molecule has 1 radical (unpaired) electrons. The van der Waals surface area contributed by atoms with Gasteiger partial charge >= 0.3 is 6.47 Å². The summed E-state index contributed by atoms with van der Waals surface area (Å²) in [6, 6.07) is 9.36. The van der Waals surface area contributed by atoms with E-state index in [1.54, 1.807) is 0 Å². The lowest BCUT2D eigenvalue weighted by atomic mass is 10.2. The lowest BCUT2D eigenvalue weighted by molar-refractivity contribution is 0.263. The van der Waals surface area contributed by atoms with Gasteiger partial charge in [0, 0.05) is 5.56 Å². The Morgan fingerprint density at radius 2 is 2.00 bits per heavy atom. The first kappa shape index (κ1) is 8.27. The second-order valence-corrected chi connectivity index (χ2v) is 2.76. The van der Waals surface area contributed by atoms with E-state index in [0.29, 0.717) is 0 Å². The Kier molecular flexibility index (Phi) is 3.11. The molecule has 1 aromatic rings. The van der Waals surface area contributed by atoms with Crippen LogP contribution in [0.4, 0.5) is 0 Å². The minimum atomic E-state index is -0.388. The van der Waals surface area contributed by atoms with Gasteiger partial charge in [0.05, 0.1) is 0 Å². The monoisotopic (exact) mass is 213 g/mol. The van der Waals surface area contributed by atoms with E-state index >= 15 is 0 Å². The van der Waals surface area contributed by atoms with Crippen molar-refractivity contribution >= 4 is 22.4 Å². The van der Waals surface area contributed by atoms with Crippen molar-refractivity contribution in [3.05, 3.63) is 35.9 Å². The van der Waals surface area contributed by atoms with Crippen LogP contribution in [-0.2, 0) is 9.53 Å². The molecule has 2 nitrogen and oxygen atoms in total. The average Bonchev–Trinajstić information content (AvgIpc) is 2.07. The summed E-state index contributed by atoms with van der Waals surface area (Å²) in [7, 11) is 0. The van der Waals surface area contributed by atoms with Crippen LogP contribution in [0.2, 0.25) is 0 Å². The zero-order chi connectivity index (χ0) is 8.10. The number of rotatable bonds is 3. The molecule has 1 rings (SSSR count). The zero-order valence-electron chi connectivity index (χ0n) is 5.66. The van der Waals surface area contributed by atoms with Gasteiger partial charge in [-0.2, -0.15) is 0 Å². The normalized spacial score (nSPS) is 12.1. The van der Waals surface area contributed by atoms with Crippen molar-refractivity contribution in [2.75, 3.05) is 0 Å². The summed E-state index contributed by atoms with van der Waals surface area (Å²) in [5, 5.41) is -0.388. The molecule has 3 heteroatoms. The van der Waals surface area contributed by atoms with Crippen molar-refractivity contribution in [1.29, 1.82) is 0 Å². The fourth-order valence-corrected chi connectivity index (χ4v) is 1.10. The summed E-state index contributed by atoms with van der Waals surface area (Å²) in [5.74, 6) is 0. The van der Waals surface area contributed by atoms with E-state index in [9.17, 15) is 4.79 Å². The Balaban J connectivity index is 2.68. The molecule has 0 aliphatic carbocycles. The molecular formula is C8H6BrO2. The highest BCUT2D eigenvalue weighted by Gasteiger charge is 2.05. The predicted octanol–water partition coefficient (Wildman–Crippen LogP) is 2.16. The van der Waals surface area contributed by atoms with E-state index in [1.807, 2.05) is 30.3 Å². The second kappa shape index (κ2) is 4.13. The van der Waals surface area contributed by atoms with Crippen LogP contribution in [0.1, 0.15) is 10.6 Å². The Labute approximate surface area is 73.3 Å². The van der Waals surface area contributed by atoms with E-state index < -0.39 is 0 Å². The van der Waals surface area contributed by atoms with Crippen LogP contribution in [0, 0.1) is 0 Å². The fourth-order valence-electron chi connectivity index (χ4n) is 0.715. The molecule has 0 heterocycles. The first-order valence-electron chi connectivity index (χ1n) is 3.06. The number of carbonyl (C=O) groups excluding carboxylic acids is 1. The molecule has 0 amide bonds. The molecule has 1 aromatic carbocycles. The van der Waals surface area contributed by atoms with Crippen molar-refractivity contribution in [2.45, 2.75) is 5.01 Å². The maximum absolute atomic E-state index is 9.81. The highest BCUT2D eigenvalue weighted by Crippen LogP contribution is 2.21. The molecule has 11 heavy (non-hydrogen) atoms. The molecule has 1 atom stereocenters. The van der Waals surface area contributed by atoms with Crippen LogP contribution >= 0.6 is 15.9 Å². The van der Waals surface area contributed by atoms with Gasteiger partial charge in [0.2, 0.25) is 0 Å². The topological polar surface area (TPSA) is 26.3 Å². The number of hydrogen-bond acceptors (Lipinski definition) is 2. The van der Waals surface area contributed by atoms with Crippen molar-refractivity contribution < 1.29 is 9.53 Å². The summed E-state index contributed by atoms with van der Waals surface area (Å²) >= 11 is 3.16. The number of benzene rings is 1. The van der Waals surface area contributed by atoms with Gasteiger partial charge in [-0.1, -0.05) is 30.3 Å². The zero-order valence-corrected chi connectivity index (χ0v) is 7.24. The van der Waals surface area contributed by atoms with Crippen molar-refractivity contribution in [1.82, 2.24) is 0 Å². The largest absolute Gasteiger partial charge is 0.437 e. The van der Waals surface area contributed by atoms with Gasteiger partial charge in [0.1, 0.15) is 0 Å². The van der Waals surface area contributed by atoms with Crippen molar-refractivity contribution in [3.8, 4) is 0 Å². The van der Waals surface area contributed by atoms with E-state index in [0.717, 1.165) is 5.56 Å². The molecule has 0 saturated carbocycles. The SMILES string of the molecule is O=[C]OC(Br)c1ccccc1. The van der Waals surface area contributed by atoms with Gasteiger partial charge in [-0.05, 0) is 15.9 Å². The van der Waals surface area contributed by atoms with Gasteiger partial charge in [0.25, 0.3) is 0 Å². The van der Waals surface area contributed by atoms with E-state index in [4.69, 9.17) is 0 Å². The summed E-state index contributed by atoms with van der Waals surface area (Å²) in [6.45, 7) is 1.37. The third-order valence-corrected chi connectivity index (χ3v) is 1.93. The van der Waals surface area contributed by atoms with E-state index in [-0.39, 0.29) is 5.01 Å². The minimum Gasteiger partial charge on any atom is -0.437 e. The molecular weight excluding hydrogens is 208 g/mol. The van der Waals surface area contributed by atoms with Crippen molar-refractivity contribution in [3.63, 3.8) is 0 Å². The molecule has 0 N–H and O–H groups in total. The number of ether oxygens (including phenoxy) is 1. The highest BCUT2D eigenvalue weighted by atomic mass is 79.9. The Morgan fingerprint density at radius 3 is 2.55 bits per heavy atom. The van der Waals surface area contributed by atoms with Crippen LogP contribution in [0.25, 0.3) is 0 Å². The van der Waals surface area contributed by atoms with Crippen LogP contribution < -0.4 is 0 Å².